The molecule has 2 aliphatic rings. The van der Waals surface area contributed by atoms with E-state index in [1.165, 1.54) is 18.4 Å². The zero-order valence-electron chi connectivity index (χ0n) is 28.4. The maximum atomic E-state index is 15.7. The van der Waals surface area contributed by atoms with Crippen molar-refractivity contribution in [2.75, 3.05) is 45.7 Å². The average Bonchev–Trinajstić information content (AvgIpc) is 3.53. The highest BCUT2D eigenvalue weighted by Gasteiger charge is 2.35. The maximum Gasteiger partial charge on any atom is 0.245 e. The number of ketones is 1. The lowest BCUT2D eigenvalue weighted by Crippen LogP contribution is -2.55. The van der Waals surface area contributed by atoms with Crippen LogP contribution in [0.4, 0.5) is 10.1 Å². The SMILES string of the molecule is CCC(=O)N[C@@H](C(=O)N1CCN(C)CC1)[C@@H](C)c1ccc(NC(=O)[C@@H](CC(=O)c2coc3cc(OC)ccc23)C2CCCCC2)c(F)c1. The van der Waals surface area contributed by atoms with Crippen molar-refractivity contribution in [3.05, 3.63) is 59.6 Å². The molecule has 258 valence electrons. The number of halogens is 1. The van der Waals surface area contributed by atoms with E-state index < -0.39 is 29.6 Å². The molecule has 1 aromatic heterocycles. The number of hydrogen-bond acceptors (Lipinski definition) is 7. The number of carbonyl (C=O) groups excluding carboxylic acids is 4. The highest BCUT2D eigenvalue weighted by Crippen LogP contribution is 2.35. The van der Waals surface area contributed by atoms with Crippen molar-refractivity contribution in [2.45, 2.75) is 70.8 Å². The molecular formula is C37H47FN4O6. The first-order chi connectivity index (χ1) is 23.1. The molecule has 0 bridgehead atoms. The normalized spacial score (nSPS) is 17.8. The number of hydrogen-bond donors (Lipinski definition) is 2. The summed E-state index contributed by atoms with van der Waals surface area (Å²) >= 11 is 0. The number of fused-ring (bicyclic) bond motifs is 1. The first-order valence-electron chi connectivity index (χ1n) is 17.0. The highest BCUT2D eigenvalue weighted by molar-refractivity contribution is 6.09. The molecule has 3 aromatic rings. The van der Waals surface area contributed by atoms with Gasteiger partial charge in [-0.15, -0.1) is 0 Å². The predicted molar refractivity (Wildman–Crippen MR) is 182 cm³/mol. The van der Waals surface area contributed by atoms with Crippen LogP contribution in [0.25, 0.3) is 11.0 Å². The second kappa shape index (κ2) is 15.8. The van der Waals surface area contributed by atoms with Crippen molar-refractivity contribution in [1.82, 2.24) is 15.1 Å². The van der Waals surface area contributed by atoms with Crippen LogP contribution in [0.1, 0.15) is 80.6 Å². The van der Waals surface area contributed by atoms with Gasteiger partial charge in [-0.25, -0.2) is 4.39 Å². The van der Waals surface area contributed by atoms with Crippen LogP contribution in [0.2, 0.25) is 0 Å². The molecule has 48 heavy (non-hydrogen) atoms. The van der Waals surface area contributed by atoms with Gasteiger partial charge in [0.25, 0.3) is 0 Å². The van der Waals surface area contributed by atoms with Crippen molar-refractivity contribution < 1.29 is 32.7 Å². The van der Waals surface area contributed by atoms with E-state index in [2.05, 4.69) is 15.5 Å². The Balaban J connectivity index is 1.33. The molecule has 0 unspecified atom stereocenters. The van der Waals surface area contributed by atoms with E-state index in [1.54, 1.807) is 50.1 Å². The Morgan fingerprint density at radius 3 is 2.42 bits per heavy atom. The molecule has 0 spiro atoms. The number of nitrogens with zero attached hydrogens (tertiary/aromatic N) is 2. The number of furan rings is 1. The van der Waals surface area contributed by atoms with E-state index in [0.29, 0.717) is 40.9 Å². The molecule has 10 nitrogen and oxygen atoms in total. The minimum Gasteiger partial charge on any atom is -0.497 e. The minimum atomic E-state index is -0.859. The minimum absolute atomic E-state index is 0.00426. The predicted octanol–water partition coefficient (Wildman–Crippen LogP) is 5.76. The number of ether oxygens (including phenoxy) is 1. The topological polar surface area (TPSA) is 121 Å². The summed E-state index contributed by atoms with van der Waals surface area (Å²) in [5, 5.41) is 6.28. The first-order valence-corrected chi connectivity index (χ1v) is 17.0. The van der Waals surface area contributed by atoms with Gasteiger partial charge in [0.05, 0.1) is 18.4 Å². The lowest BCUT2D eigenvalue weighted by molar-refractivity contribution is -0.138. The second-order valence-electron chi connectivity index (χ2n) is 13.2. The van der Waals surface area contributed by atoms with Crippen LogP contribution in [-0.2, 0) is 14.4 Å². The summed E-state index contributed by atoms with van der Waals surface area (Å²) in [6, 6.07) is 8.88. The van der Waals surface area contributed by atoms with Gasteiger partial charge < -0.3 is 29.6 Å². The fourth-order valence-corrected chi connectivity index (χ4v) is 6.90. The van der Waals surface area contributed by atoms with Crippen molar-refractivity contribution in [1.29, 1.82) is 0 Å². The third-order valence-corrected chi connectivity index (χ3v) is 10.0. The van der Waals surface area contributed by atoms with E-state index in [4.69, 9.17) is 9.15 Å². The van der Waals surface area contributed by atoms with Crippen LogP contribution >= 0.6 is 0 Å². The molecule has 5 rings (SSSR count). The lowest BCUT2D eigenvalue weighted by atomic mass is 9.77. The zero-order chi connectivity index (χ0) is 34.4. The fraction of sp³-hybridized carbons (Fsp3) is 0.514. The van der Waals surface area contributed by atoms with Gasteiger partial charge in [0.15, 0.2) is 5.78 Å². The molecule has 2 N–H and O–H groups in total. The number of Topliss-reactive ketones (excluding diaryl/α,β-unsaturated/α-hetero) is 1. The largest absolute Gasteiger partial charge is 0.497 e. The molecule has 1 aliphatic heterocycles. The van der Waals surface area contributed by atoms with E-state index in [0.717, 1.165) is 45.2 Å². The summed E-state index contributed by atoms with van der Waals surface area (Å²) < 4.78 is 26.6. The Morgan fingerprint density at radius 1 is 1.02 bits per heavy atom. The maximum absolute atomic E-state index is 15.7. The quantitative estimate of drug-likeness (QED) is 0.237. The molecule has 1 saturated heterocycles. The first kappa shape index (κ1) is 35.1. The van der Waals surface area contributed by atoms with Crippen LogP contribution < -0.4 is 15.4 Å². The van der Waals surface area contributed by atoms with Crippen LogP contribution in [0, 0.1) is 17.7 Å². The third-order valence-electron chi connectivity index (χ3n) is 10.0. The van der Waals surface area contributed by atoms with E-state index in [9.17, 15) is 19.2 Å². The molecule has 11 heteroatoms. The molecule has 0 radical (unpaired) electrons. The molecule has 2 fully saturated rings. The van der Waals surface area contributed by atoms with Gasteiger partial charge in [0, 0.05) is 62.3 Å². The van der Waals surface area contributed by atoms with Gasteiger partial charge in [0.1, 0.15) is 29.5 Å². The number of amides is 3. The number of piperazine rings is 1. The Morgan fingerprint density at radius 2 is 1.75 bits per heavy atom. The van der Waals surface area contributed by atoms with Crippen LogP contribution in [-0.4, -0.2) is 79.7 Å². The molecule has 3 amide bonds. The lowest BCUT2D eigenvalue weighted by Gasteiger charge is -2.36. The monoisotopic (exact) mass is 662 g/mol. The molecule has 1 saturated carbocycles. The number of rotatable bonds is 12. The molecular weight excluding hydrogens is 615 g/mol. The van der Waals surface area contributed by atoms with Gasteiger partial charge in [-0.3, -0.25) is 19.2 Å². The standard InChI is InChI=1S/C37H47FN4O6/c1-5-34(44)40-35(37(46)42-17-15-41(3)16-18-42)23(2)25-11-14-31(30(38)19-25)39-36(45)28(24-9-7-6-8-10-24)21-32(43)29-22-48-33-20-26(47-4)12-13-27(29)33/h11-14,19-20,22-24,28,35H,5-10,15-18,21H2,1-4H3,(H,39,45)(H,40,44)/t23-,28-,35+/m0/s1. The Hall–Kier alpha value is -4.25. The van der Waals surface area contributed by atoms with Crippen LogP contribution in [0.3, 0.4) is 0 Å². The number of methoxy groups -OCH3 is 1. The number of anilines is 1. The van der Waals surface area contributed by atoms with E-state index in [-0.39, 0.29) is 42.0 Å². The highest BCUT2D eigenvalue weighted by atomic mass is 19.1. The summed E-state index contributed by atoms with van der Waals surface area (Å²) in [6.07, 6.45) is 6.28. The smallest absolute Gasteiger partial charge is 0.245 e. The van der Waals surface area contributed by atoms with Crippen LogP contribution in [0.15, 0.2) is 47.1 Å². The average molecular weight is 663 g/mol. The van der Waals surface area contributed by atoms with Gasteiger partial charge in [0.2, 0.25) is 17.7 Å². The summed E-state index contributed by atoms with van der Waals surface area (Å²) in [7, 11) is 3.55. The van der Waals surface area contributed by atoms with Crippen molar-refractivity contribution in [3.63, 3.8) is 0 Å². The summed E-state index contributed by atoms with van der Waals surface area (Å²) in [6.45, 7) is 6.09. The molecule has 1 aliphatic carbocycles. The Bertz CT molecular complexity index is 1620. The number of benzene rings is 2. The van der Waals surface area contributed by atoms with Gasteiger partial charge in [-0.2, -0.15) is 0 Å². The van der Waals surface area contributed by atoms with Crippen molar-refractivity contribution in [2.24, 2.45) is 11.8 Å². The second-order valence-corrected chi connectivity index (χ2v) is 13.2. The number of likely N-dealkylation sites (N-methyl/N-ethyl adjacent to an activating group) is 1. The third kappa shape index (κ3) is 8.06. The van der Waals surface area contributed by atoms with Crippen molar-refractivity contribution >= 4 is 40.2 Å². The summed E-state index contributed by atoms with van der Waals surface area (Å²) in [5.74, 6) is -2.28. The summed E-state index contributed by atoms with van der Waals surface area (Å²) in [5.41, 5.74) is 1.46. The number of nitrogens with one attached hydrogen (secondary N) is 2. The van der Waals surface area contributed by atoms with E-state index in [1.807, 2.05) is 7.05 Å². The zero-order valence-corrected chi connectivity index (χ0v) is 28.4. The van der Waals surface area contributed by atoms with Crippen LogP contribution in [0.5, 0.6) is 5.75 Å². The Labute approximate surface area is 281 Å². The van der Waals surface area contributed by atoms with Gasteiger partial charge in [-0.1, -0.05) is 39.2 Å². The van der Waals surface area contributed by atoms with Gasteiger partial charge in [-0.05, 0) is 55.6 Å². The number of carbonyl (C=O) groups is 4. The summed E-state index contributed by atoms with van der Waals surface area (Å²) in [4.78, 5) is 57.3. The molecule has 2 heterocycles. The molecule has 3 atom stereocenters. The fourth-order valence-electron chi connectivity index (χ4n) is 6.90. The van der Waals surface area contributed by atoms with E-state index >= 15 is 4.39 Å². The van der Waals surface area contributed by atoms with Gasteiger partial charge >= 0.3 is 0 Å². The van der Waals surface area contributed by atoms with Crippen molar-refractivity contribution in [3.8, 4) is 5.75 Å². The molecule has 2 aromatic carbocycles. The Kier molecular flexibility index (Phi) is 11.5.